The molecule has 0 fully saturated rings. The van der Waals surface area contributed by atoms with E-state index in [1.165, 1.54) is 29.3 Å². The number of anilines is 1. The first-order valence-electron chi connectivity index (χ1n) is 8.30. The van der Waals surface area contributed by atoms with Crippen LogP contribution in [0, 0.1) is 6.92 Å². The number of para-hydroxylation sites is 1. The fraction of sp³-hybridized carbons (Fsp3) is 0.143. The Morgan fingerprint density at radius 2 is 1.67 bits per heavy atom. The predicted molar refractivity (Wildman–Crippen MR) is 97.4 cm³/mol. The van der Waals surface area contributed by atoms with E-state index in [9.17, 15) is 18.0 Å². The first kappa shape index (κ1) is 18.6. The minimum absolute atomic E-state index is 0.0360. The minimum Gasteiger partial charge on any atom is -0.304 e. The molecule has 3 rings (SSSR count). The molecular formula is C21H17F3N2O. The number of pyridine rings is 1. The van der Waals surface area contributed by atoms with Crippen LogP contribution in [0.4, 0.5) is 18.9 Å². The van der Waals surface area contributed by atoms with Gasteiger partial charge in [-0.3, -0.25) is 9.78 Å². The fourth-order valence-corrected chi connectivity index (χ4v) is 2.85. The molecule has 0 saturated carbocycles. The minimum atomic E-state index is -4.49. The normalized spacial score (nSPS) is 11.3. The third-order valence-electron chi connectivity index (χ3n) is 4.21. The van der Waals surface area contributed by atoms with Gasteiger partial charge in [-0.25, -0.2) is 0 Å². The van der Waals surface area contributed by atoms with E-state index in [-0.39, 0.29) is 18.0 Å². The molecule has 0 bridgehead atoms. The molecule has 0 atom stereocenters. The van der Waals surface area contributed by atoms with Gasteiger partial charge in [0.2, 0.25) is 0 Å². The van der Waals surface area contributed by atoms with Crippen LogP contribution < -0.4 is 4.90 Å². The monoisotopic (exact) mass is 370 g/mol. The Morgan fingerprint density at radius 1 is 1.00 bits per heavy atom. The Hall–Kier alpha value is -3.15. The van der Waals surface area contributed by atoms with Crippen LogP contribution >= 0.6 is 0 Å². The molecule has 2 aromatic carbocycles. The topological polar surface area (TPSA) is 33.2 Å². The lowest BCUT2D eigenvalue weighted by Crippen LogP contribution is -2.32. The molecule has 27 heavy (non-hydrogen) atoms. The number of aromatic nitrogens is 1. The number of halogens is 3. The maximum Gasteiger partial charge on any atom is 0.416 e. The maximum absolute atomic E-state index is 13.4. The second kappa shape index (κ2) is 7.61. The molecular weight excluding hydrogens is 353 g/mol. The molecule has 1 heterocycles. The molecule has 3 aromatic rings. The van der Waals surface area contributed by atoms with Crippen molar-refractivity contribution in [2.45, 2.75) is 19.6 Å². The highest BCUT2D eigenvalue weighted by Crippen LogP contribution is 2.33. The predicted octanol–water partition coefficient (Wildman–Crippen LogP) is 5.26. The van der Waals surface area contributed by atoms with E-state index in [2.05, 4.69) is 4.98 Å². The summed E-state index contributed by atoms with van der Waals surface area (Å²) in [6.07, 6.45) is -1.44. The smallest absolute Gasteiger partial charge is 0.304 e. The number of hydrogen-bond donors (Lipinski definition) is 0. The van der Waals surface area contributed by atoms with E-state index in [0.717, 1.165) is 6.07 Å². The summed E-state index contributed by atoms with van der Waals surface area (Å²) < 4.78 is 40.1. The van der Waals surface area contributed by atoms with Crippen molar-refractivity contribution in [1.82, 2.24) is 4.98 Å². The molecule has 0 unspecified atom stereocenters. The van der Waals surface area contributed by atoms with Crippen LogP contribution in [-0.4, -0.2) is 10.9 Å². The Kier molecular flexibility index (Phi) is 5.26. The molecule has 0 N–H and O–H groups in total. The Morgan fingerprint density at radius 3 is 2.33 bits per heavy atom. The van der Waals surface area contributed by atoms with E-state index in [0.29, 0.717) is 16.8 Å². The summed E-state index contributed by atoms with van der Waals surface area (Å²) in [5, 5.41) is 0. The van der Waals surface area contributed by atoms with Crippen molar-refractivity contribution in [3.8, 4) is 0 Å². The van der Waals surface area contributed by atoms with Crippen LogP contribution in [0.3, 0.4) is 0 Å². The zero-order chi connectivity index (χ0) is 19.4. The number of carbonyl (C=O) groups excluding carboxylic acids is 1. The number of alkyl halides is 3. The third-order valence-corrected chi connectivity index (χ3v) is 4.21. The Labute approximate surface area is 155 Å². The molecule has 1 amide bonds. The van der Waals surface area contributed by atoms with Gasteiger partial charge < -0.3 is 4.90 Å². The van der Waals surface area contributed by atoms with Crippen LogP contribution in [0.1, 0.15) is 27.0 Å². The first-order valence-corrected chi connectivity index (χ1v) is 8.30. The molecule has 0 radical (unpaired) electrons. The molecule has 0 spiro atoms. The van der Waals surface area contributed by atoms with Crippen molar-refractivity contribution < 1.29 is 18.0 Å². The van der Waals surface area contributed by atoms with Gasteiger partial charge in [0.15, 0.2) is 0 Å². The van der Waals surface area contributed by atoms with Gasteiger partial charge in [0.25, 0.3) is 5.91 Å². The number of benzene rings is 2. The van der Waals surface area contributed by atoms with Gasteiger partial charge in [-0.1, -0.05) is 36.4 Å². The number of rotatable bonds is 4. The molecule has 6 heteroatoms. The lowest BCUT2D eigenvalue weighted by atomic mass is 10.0. The van der Waals surface area contributed by atoms with E-state index in [1.807, 2.05) is 0 Å². The molecule has 0 saturated heterocycles. The Bertz CT molecular complexity index is 939. The Balaban J connectivity index is 2.06. The standard InChI is InChI=1S/C21H17F3N2O/c1-15-13-25-12-11-18(15)20(27)26(17-8-3-2-4-9-17)14-16-7-5-6-10-19(16)21(22,23)24/h2-13H,14H2,1H3. The van der Waals surface area contributed by atoms with Crippen molar-refractivity contribution in [3.63, 3.8) is 0 Å². The summed E-state index contributed by atoms with van der Waals surface area (Å²) in [6, 6.07) is 15.5. The number of hydrogen-bond acceptors (Lipinski definition) is 2. The average molecular weight is 370 g/mol. The van der Waals surface area contributed by atoms with Crippen LogP contribution in [0.25, 0.3) is 0 Å². The van der Waals surface area contributed by atoms with Gasteiger partial charge in [-0.15, -0.1) is 0 Å². The summed E-state index contributed by atoms with van der Waals surface area (Å²) in [7, 11) is 0. The summed E-state index contributed by atoms with van der Waals surface area (Å²) in [6.45, 7) is 1.55. The van der Waals surface area contributed by atoms with Crippen molar-refractivity contribution in [1.29, 1.82) is 0 Å². The molecule has 3 nitrogen and oxygen atoms in total. The maximum atomic E-state index is 13.4. The first-order chi connectivity index (χ1) is 12.9. The summed E-state index contributed by atoms with van der Waals surface area (Å²) in [4.78, 5) is 18.5. The highest BCUT2D eigenvalue weighted by atomic mass is 19.4. The SMILES string of the molecule is Cc1cnccc1C(=O)N(Cc1ccccc1C(F)(F)F)c1ccccc1. The lowest BCUT2D eigenvalue weighted by molar-refractivity contribution is -0.138. The number of amides is 1. The number of carbonyl (C=O) groups is 1. The molecule has 0 aliphatic carbocycles. The van der Waals surface area contributed by atoms with Crippen molar-refractivity contribution in [2.24, 2.45) is 0 Å². The summed E-state index contributed by atoms with van der Waals surface area (Å²) in [5.74, 6) is -0.377. The average Bonchev–Trinajstić information content (AvgIpc) is 2.66. The highest BCUT2D eigenvalue weighted by molar-refractivity contribution is 6.06. The van der Waals surface area contributed by atoms with Crippen LogP contribution in [0.15, 0.2) is 73.1 Å². The number of nitrogens with zero attached hydrogens (tertiary/aromatic N) is 2. The van der Waals surface area contributed by atoms with Gasteiger partial charge in [-0.05, 0) is 42.3 Å². The molecule has 1 aromatic heterocycles. The van der Waals surface area contributed by atoms with Crippen LogP contribution in [-0.2, 0) is 12.7 Å². The van der Waals surface area contributed by atoms with Crippen molar-refractivity contribution in [3.05, 3.63) is 95.3 Å². The zero-order valence-corrected chi connectivity index (χ0v) is 14.6. The molecule has 0 aliphatic heterocycles. The van der Waals surface area contributed by atoms with Crippen molar-refractivity contribution in [2.75, 3.05) is 4.90 Å². The van der Waals surface area contributed by atoms with E-state index >= 15 is 0 Å². The molecule has 0 aliphatic rings. The largest absolute Gasteiger partial charge is 0.416 e. The summed E-state index contributed by atoms with van der Waals surface area (Å²) in [5.41, 5.74) is 0.876. The van der Waals surface area contributed by atoms with E-state index in [1.54, 1.807) is 49.5 Å². The van der Waals surface area contributed by atoms with E-state index < -0.39 is 11.7 Å². The number of aryl methyl sites for hydroxylation is 1. The second-order valence-electron chi connectivity index (χ2n) is 6.07. The van der Waals surface area contributed by atoms with Gasteiger partial charge in [0, 0.05) is 23.6 Å². The van der Waals surface area contributed by atoms with Gasteiger partial charge in [-0.2, -0.15) is 13.2 Å². The van der Waals surface area contributed by atoms with E-state index in [4.69, 9.17) is 0 Å². The highest BCUT2D eigenvalue weighted by Gasteiger charge is 2.34. The van der Waals surface area contributed by atoms with Gasteiger partial charge in [0.1, 0.15) is 0 Å². The van der Waals surface area contributed by atoms with Gasteiger partial charge in [0.05, 0.1) is 12.1 Å². The lowest BCUT2D eigenvalue weighted by Gasteiger charge is -2.25. The quantitative estimate of drug-likeness (QED) is 0.628. The molecule has 138 valence electrons. The zero-order valence-electron chi connectivity index (χ0n) is 14.6. The van der Waals surface area contributed by atoms with Gasteiger partial charge >= 0.3 is 6.18 Å². The second-order valence-corrected chi connectivity index (χ2v) is 6.07. The van der Waals surface area contributed by atoms with Crippen LogP contribution in [0.5, 0.6) is 0 Å². The summed E-state index contributed by atoms with van der Waals surface area (Å²) >= 11 is 0. The van der Waals surface area contributed by atoms with Crippen LogP contribution in [0.2, 0.25) is 0 Å². The fourth-order valence-electron chi connectivity index (χ4n) is 2.85. The van der Waals surface area contributed by atoms with Crippen molar-refractivity contribution >= 4 is 11.6 Å². The third kappa shape index (κ3) is 4.16.